The second kappa shape index (κ2) is 13.3. The predicted octanol–water partition coefficient (Wildman–Crippen LogP) is 5.00. The fraction of sp³-hybridized carbons (Fsp3) is 0.345. The second-order valence-corrected chi connectivity index (χ2v) is 8.62. The molecule has 0 spiro atoms. The summed E-state index contributed by atoms with van der Waals surface area (Å²) in [5, 5.41) is 0. The quantitative estimate of drug-likeness (QED) is 0.350. The summed E-state index contributed by atoms with van der Waals surface area (Å²) in [7, 11) is 0. The monoisotopic (exact) mass is 494 g/mol. The van der Waals surface area contributed by atoms with Crippen molar-refractivity contribution in [2.75, 3.05) is 6.61 Å². The number of alkyl halides is 1. The SMILES string of the molecule is CC(=O)O[C@H]1O[C@H](COCc2ccccc2)[C@@H](OCc2ccccc2)[C@H](OCc2ccccc2)[C@@H]1F. The van der Waals surface area contributed by atoms with Crippen LogP contribution in [0.5, 0.6) is 0 Å². The van der Waals surface area contributed by atoms with Crippen molar-refractivity contribution in [1.29, 1.82) is 0 Å². The van der Waals surface area contributed by atoms with Crippen LogP contribution in [0.15, 0.2) is 91.0 Å². The summed E-state index contributed by atoms with van der Waals surface area (Å²) < 4.78 is 44.9. The zero-order valence-corrected chi connectivity index (χ0v) is 20.2. The molecule has 5 atom stereocenters. The van der Waals surface area contributed by atoms with Crippen LogP contribution in [-0.2, 0) is 48.3 Å². The van der Waals surface area contributed by atoms with Gasteiger partial charge in [-0.3, -0.25) is 4.79 Å². The standard InChI is InChI=1S/C29H31FO6/c1-21(31)35-29-26(30)28(34-19-24-15-9-4-10-16-24)27(33-18-23-13-7-3-8-14-23)25(36-29)20-32-17-22-11-5-2-6-12-22/h2-16,25-29H,17-20H2,1H3/t25-,26+,27-,28-,29+/m1/s1. The van der Waals surface area contributed by atoms with Gasteiger partial charge in [0, 0.05) is 6.92 Å². The van der Waals surface area contributed by atoms with Crippen molar-refractivity contribution in [1.82, 2.24) is 0 Å². The van der Waals surface area contributed by atoms with E-state index in [2.05, 4.69) is 0 Å². The Balaban J connectivity index is 1.52. The summed E-state index contributed by atoms with van der Waals surface area (Å²) in [6, 6.07) is 28.8. The van der Waals surface area contributed by atoms with Gasteiger partial charge in [0.15, 0.2) is 6.17 Å². The van der Waals surface area contributed by atoms with Gasteiger partial charge in [-0.2, -0.15) is 0 Å². The average Bonchev–Trinajstić information content (AvgIpc) is 2.90. The normalized spacial score (nSPS) is 23.8. The molecular weight excluding hydrogens is 463 g/mol. The fourth-order valence-electron chi connectivity index (χ4n) is 4.05. The van der Waals surface area contributed by atoms with Crippen molar-refractivity contribution in [2.24, 2.45) is 0 Å². The van der Waals surface area contributed by atoms with Crippen molar-refractivity contribution in [3.8, 4) is 0 Å². The number of carbonyl (C=O) groups is 1. The van der Waals surface area contributed by atoms with Crippen molar-refractivity contribution < 1.29 is 32.9 Å². The molecule has 1 saturated heterocycles. The number of benzene rings is 3. The van der Waals surface area contributed by atoms with Crippen molar-refractivity contribution in [3.05, 3.63) is 108 Å². The fourth-order valence-corrected chi connectivity index (χ4v) is 4.05. The lowest BCUT2D eigenvalue weighted by molar-refractivity contribution is -0.297. The lowest BCUT2D eigenvalue weighted by Gasteiger charge is -2.42. The van der Waals surface area contributed by atoms with Crippen LogP contribution in [0.4, 0.5) is 4.39 Å². The molecule has 0 saturated carbocycles. The lowest BCUT2D eigenvalue weighted by atomic mass is 9.99. The molecule has 0 radical (unpaired) electrons. The molecule has 1 fully saturated rings. The molecule has 0 unspecified atom stereocenters. The molecule has 0 aromatic heterocycles. The third kappa shape index (κ3) is 7.45. The van der Waals surface area contributed by atoms with E-state index < -0.39 is 36.7 Å². The molecular formula is C29H31FO6. The van der Waals surface area contributed by atoms with Crippen LogP contribution in [-0.4, -0.2) is 43.3 Å². The summed E-state index contributed by atoms with van der Waals surface area (Å²) in [5.41, 5.74) is 2.81. The minimum absolute atomic E-state index is 0.101. The maximum absolute atomic E-state index is 15.7. The zero-order valence-electron chi connectivity index (χ0n) is 20.2. The van der Waals surface area contributed by atoms with E-state index in [-0.39, 0.29) is 19.8 Å². The van der Waals surface area contributed by atoms with Crippen molar-refractivity contribution >= 4 is 5.97 Å². The third-order valence-corrected chi connectivity index (χ3v) is 5.82. The zero-order chi connectivity index (χ0) is 25.2. The Kier molecular flexibility index (Phi) is 9.58. The molecule has 7 heteroatoms. The number of ether oxygens (including phenoxy) is 5. The Bertz CT molecular complexity index is 1050. The molecule has 1 aliphatic heterocycles. The van der Waals surface area contributed by atoms with Crippen LogP contribution in [0.3, 0.4) is 0 Å². The van der Waals surface area contributed by atoms with Gasteiger partial charge in [-0.15, -0.1) is 0 Å². The highest BCUT2D eigenvalue weighted by Crippen LogP contribution is 2.31. The number of carbonyl (C=O) groups excluding carboxylic acids is 1. The largest absolute Gasteiger partial charge is 0.433 e. The van der Waals surface area contributed by atoms with Gasteiger partial charge in [-0.25, -0.2) is 4.39 Å². The topological polar surface area (TPSA) is 63.2 Å². The van der Waals surface area contributed by atoms with Crippen LogP contribution in [0.25, 0.3) is 0 Å². The van der Waals surface area contributed by atoms with E-state index in [4.69, 9.17) is 23.7 Å². The minimum Gasteiger partial charge on any atom is -0.433 e. The van der Waals surface area contributed by atoms with E-state index in [1.54, 1.807) is 0 Å². The van der Waals surface area contributed by atoms with E-state index >= 15 is 4.39 Å². The van der Waals surface area contributed by atoms with E-state index in [9.17, 15) is 4.79 Å². The molecule has 4 rings (SSSR count). The van der Waals surface area contributed by atoms with Gasteiger partial charge in [-0.05, 0) is 16.7 Å². The molecule has 0 aliphatic carbocycles. The summed E-state index contributed by atoms with van der Waals surface area (Å²) in [6.07, 6.45) is -5.74. The molecule has 3 aromatic rings. The number of hydrogen-bond donors (Lipinski definition) is 0. The van der Waals surface area contributed by atoms with Crippen LogP contribution in [0, 0.1) is 0 Å². The minimum atomic E-state index is -1.75. The number of hydrogen-bond acceptors (Lipinski definition) is 6. The van der Waals surface area contributed by atoms with E-state index in [1.165, 1.54) is 6.92 Å². The van der Waals surface area contributed by atoms with Gasteiger partial charge in [0.05, 0.1) is 26.4 Å². The first kappa shape index (κ1) is 26.0. The predicted molar refractivity (Wildman–Crippen MR) is 131 cm³/mol. The maximum atomic E-state index is 15.7. The molecule has 1 heterocycles. The van der Waals surface area contributed by atoms with Crippen molar-refractivity contribution in [3.63, 3.8) is 0 Å². The average molecular weight is 495 g/mol. The smallest absolute Gasteiger partial charge is 0.305 e. The molecule has 3 aromatic carbocycles. The summed E-state index contributed by atoms with van der Waals surface area (Å²) in [4.78, 5) is 11.7. The van der Waals surface area contributed by atoms with Gasteiger partial charge in [0.25, 0.3) is 0 Å². The molecule has 0 N–H and O–H groups in total. The molecule has 190 valence electrons. The van der Waals surface area contributed by atoms with Crippen LogP contribution in [0.2, 0.25) is 0 Å². The molecule has 0 bridgehead atoms. The Labute approximate surface area is 210 Å². The first-order valence-corrected chi connectivity index (χ1v) is 12.0. The van der Waals surface area contributed by atoms with E-state index in [1.807, 2.05) is 91.0 Å². The van der Waals surface area contributed by atoms with Crippen LogP contribution >= 0.6 is 0 Å². The Morgan fingerprint density at radius 1 is 0.750 bits per heavy atom. The van der Waals surface area contributed by atoms with Gasteiger partial charge in [-0.1, -0.05) is 91.0 Å². The highest BCUT2D eigenvalue weighted by atomic mass is 19.1. The third-order valence-electron chi connectivity index (χ3n) is 5.82. The summed E-state index contributed by atoms with van der Waals surface area (Å²) >= 11 is 0. The number of rotatable bonds is 11. The second-order valence-electron chi connectivity index (χ2n) is 8.62. The van der Waals surface area contributed by atoms with E-state index in [0.29, 0.717) is 6.61 Å². The van der Waals surface area contributed by atoms with Gasteiger partial charge in [0.2, 0.25) is 6.29 Å². The van der Waals surface area contributed by atoms with Gasteiger partial charge < -0.3 is 23.7 Å². The first-order chi connectivity index (χ1) is 17.6. The highest BCUT2D eigenvalue weighted by Gasteiger charge is 2.49. The van der Waals surface area contributed by atoms with Crippen LogP contribution in [0.1, 0.15) is 23.6 Å². The van der Waals surface area contributed by atoms with Gasteiger partial charge >= 0.3 is 5.97 Å². The molecule has 0 amide bonds. The Hall–Kier alpha value is -3.10. The number of halogens is 1. The molecule has 6 nitrogen and oxygen atoms in total. The van der Waals surface area contributed by atoms with Crippen LogP contribution < -0.4 is 0 Å². The van der Waals surface area contributed by atoms with Crippen molar-refractivity contribution in [2.45, 2.75) is 57.5 Å². The van der Waals surface area contributed by atoms with Gasteiger partial charge in [0.1, 0.15) is 18.3 Å². The first-order valence-electron chi connectivity index (χ1n) is 12.0. The summed E-state index contributed by atoms with van der Waals surface area (Å²) in [6.45, 7) is 2.07. The molecule has 36 heavy (non-hydrogen) atoms. The summed E-state index contributed by atoms with van der Waals surface area (Å²) in [5.74, 6) is -0.642. The Morgan fingerprint density at radius 2 is 1.22 bits per heavy atom. The Morgan fingerprint density at radius 3 is 1.72 bits per heavy atom. The highest BCUT2D eigenvalue weighted by molar-refractivity contribution is 5.66. The number of esters is 1. The van der Waals surface area contributed by atoms with E-state index in [0.717, 1.165) is 16.7 Å². The lowest BCUT2D eigenvalue weighted by Crippen LogP contribution is -2.59. The molecule has 1 aliphatic rings. The maximum Gasteiger partial charge on any atom is 0.305 e.